The second-order valence-electron chi connectivity index (χ2n) is 9.95. The number of benzene rings is 1. The van der Waals surface area contributed by atoms with Crippen molar-refractivity contribution in [2.45, 2.75) is 59.0 Å². The fraction of sp³-hybridized carbons (Fsp3) is 0.720. The molecule has 0 aromatic heterocycles. The molecule has 6 nitrogen and oxygen atoms in total. The van der Waals surface area contributed by atoms with E-state index in [0.717, 1.165) is 43.9 Å². The average Bonchev–Trinajstić information content (AvgIpc) is 2.75. The zero-order valence-electron chi connectivity index (χ0n) is 20.0. The molecule has 1 aromatic carbocycles. The zero-order valence-corrected chi connectivity index (χ0v) is 20.0. The molecular weight excluding hydrogens is 392 g/mol. The monoisotopic (exact) mass is 432 g/mol. The number of nitrogens with two attached hydrogens (primary N) is 1. The maximum atomic E-state index is 12.4. The van der Waals surface area contributed by atoms with Crippen LogP contribution in [0.3, 0.4) is 0 Å². The predicted octanol–water partition coefficient (Wildman–Crippen LogP) is 3.81. The number of esters is 1. The summed E-state index contributed by atoms with van der Waals surface area (Å²) in [6, 6.07) is 4.03. The molecule has 0 aliphatic carbocycles. The lowest BCUT2D eigenvalue weighted by Crippen LogP contribution is -2.48. The van der Waals surface area contributed by atoms with Crippen LogP contribution >= 0.6 is 0 Å². The molecule has 1 saturated heterocycles. The molecule has 2 N–H and O–H groups in total. The quantitative estimate of drug-likeness (QED) is 0.630. The number of hydrogen-bond acceptors (Lipinski definition) is 6. The first-order chi connectivity index (χ1) is 14.7. The molecule has 1 aromatic rings. The average molecular weight is 433 g/mol. The second kappa shape index (κ2) is 10.2. The van der Waals surface area contributed by atoms with Crippen molar-refractivity contribution in [1.29, 1.82) is 0 Å². The summed E-state index contributed by atoms with van der Waals surface area (Å²) in [7, 11) is 3.37. The van der Waals surface area contributed by atoms with Crippen molar-refractivity contribution in [2.75, 3.05) is 33.9 Å². The van der Waals surface area contributed by atoms with Crippen LogP contribution in [0.5, 0.6) is 11.5 Å². The molecule has 3 rings (SSSR count). The predicted molar refractivity (Wildman–Crippen MR) is 122 cm³/mol. The topological polar surface area (TPSA) is 74.0 Å². The van der Waals surface area contributed by atoms with E-state index in [-0.39, 0.29) is 11.9 Å². The van der Waals surface area contributed by atoms with Gasteiger partial charge in [0.15, 0.2) is 11.5 Å². The molecule has 0 spiro atoms. The molecule has 1 unspecified atom stereocenters. The Labute approximate surface area is 187 Å². The van der Waals surface area contributed by atoms with E-state index in [1.165, 1.54) is 11.1 Å². The van der Waals surface area contributed by atoms with Gasteiger partial charge in [0.25, 0.3) is 0 Å². The minimum Gasteiger partial charge on any atom is -0.493 e. The van der Waals surface area contributed by atoms with Crippen LogP contribution in [-0.4, -0.2) is 50.8 Å². The number of carbonyl (C=O) groups is 1. The Bertz CT molecular complexity index is 764. The number of rotatable bonds is 8. The van der Waals surface area contributed by atoms with E-state index in [9.17, 15) is 4.79 Å². The standard InChI is InChI=1S/C25H40N2O4/c1-15(2)9-18-13-27-8-7-17-11-22(29-5)23(30-6)12-20(17)21(27)10-19(18)14-31-25(28)24(26)16(3)4/h11-12,15-16,18-19,21,24H,7-10,13-14,26H2,1-6H3/t18-,19?,21-,24+/m1/s1. The summed E-state index contributed by atoms with van der Waals surface area (Å²) in [5.74, 6) is 2.81. The third kappa shape index (κ3) is 5.35. The van der Waals surface area contributed by atoms with Crippen LogP contribution in [0.1, 0.15) is 57.7 Å². The minimum absolute atomic E-state index is 0.0773. The first-order valence-corrected chi connectivity index (χ1v) is 11.7. The lowest BCUT2D eigenvalue weighted by atomic mass is 9.74. The molecule has 2 aliphatic heterocycles. The van der Waals surface area contributed by atoms with Gasteiger partial charge in [-0.15, -0.1) is 0 Å². The molecule has 0 amide bonds. The largest absolute Gasteiger partial charge is 0.493 e. The Balaban J connectivity index is 1.82. The van der Waals surface area contributed by atoms with Gasteiger partial charge in [-0.2, -0.15) is 0 Å². The molecule has 31 heavy (non-hydrogen) atoms. The fourth-order valence-corrected chi connectivity index (χ4v) is 5.14. The van der Waals surface area contributed by atoms with E-state index in [1.54, 1.807) is 14.2 Å². The molecule has 2 aliphatic rings. The maximum absolute atomic E-state index is 12.4. The molecule has 4 atom stereocenters. The van der Waals surface area contributed by atoms with Crippen molar-refractivity contribution in [2.24, 2.45) is 29.4 Å². The number of fused-ring (bicyclic) bond motifs is 3. The van der Waals surface area contributed by atoms with Crippen LogP contribution in [0.25, 0.3) is 0 Å². The summed E-state index contributed by atoms with van der Waals surface area (Å²) in [4.78, 5) is 15.0. The van der Waals surface area contributed by atoms with Crippen LogP contribution < -0.4 is 15.2 Å². The van der Waals surface area contributed by atoms with E-state index < -0.39 is 6.04 Å². The van der Waals surface area contributed by atoms with Gasteiger partial charge >= 0.3 is 5.97 Å². The van der Waals surface area contributed by atoms with Gasteiger partial charge in [0.2, 0.25) is 0 Å². The SMILES string of the molecule is COc1cc2c(cc1OC)[C@H]1CC(COC(=O)[C@@H](N)C(C)C)[C@H](CC(C)C)CN1CC2. The van der Waals surface area contributed by atoms with Gasteiger partial charge in [-0.1, -0.05) is 27.7 Å². The van der Waals surface area contributed by atoms with Gasteiger partial charge in [-0.3, -0.25) is 9.69 Å². The van der Waals surface area contributed by atoms with E-state index >= 15 is 0 Å². The summed E-state index contributed by atoms with van der Waals surface area (Å²) >= 11 is 0. The Hall–Kier alpha value is -1.79. The summed E-state index contributed by atoms with van der Waals surface area (Å²) in [5, 5.41) is 0. The van der Waals surface area contributed by atoms with Crippen molar-refractivity contribution >= 4 is 5.97 Å². The van der Waals surface area contributed by atoms with Crippen molar-refractivity contribution in [3.8, 4) is 11.5 Å². The van der Waals surface area contributed by atoms with Crippen molar-refractivity contribution in [1.82, 2.24) is 4.90 Å². The third-order valence-corrected chi connectivity index (χ3v) is 6.98. The Morgan fingerprint density at radius 2 is 1.81 bits per heavy atom. The highest BCUT2D eigenvalue weighted by Gasteiger charge is 2.40. The lowest BCUT2D eigenvalue weighted by molar-refractivity contribution is -0.149. The van der Waals surface area contributed by atoms with Crippen LogP contribution in [0.4, 0.5) is 0 Å². The van der Waals surface area contributed by atoms with Gasteiger partial charge in [-0.25, -0.2) is 0 Å². The van der Waals surface area contributed by atoms with Crippen LogP contribution in [0.2, 0.25) is 0 Å². The van der Waals surface area contributed by atoms with Crippen molar-refractivity contribution < 1.29 is 19.0 Å². The highest BCUT2D eigenvalue weighted by atomic mass is 16.5. The number of hydrogen-bond donors (Lipinski definition) is 1. The van der Waals surface area contributed by atoms with Crippen molar-refractivity contribution in [3.05, 3.63) is 23.3 Å². The molecule has 0 radical (unpaired) electrons. The number of nitrogens with zero attached hydrogens (tertiary/aromatic N) is 1. The molecule has 0 saturated carbocycles. The summed E-state index contributed by atoms with van der Waals surface area (Å²) in [6.45, 7) is 11.0. The van der Waals surface area contributed by atoms with Crippen LogP contribution in [0.15, 0.2) is 12.1 Å². The van der Waals surface area contributed by atoms with Gasteiger partial charge in [0.1, 0.15) is 6.04 Å². The molecule has 6 heteroatoms. The Morgan fingerprint density at radius 3 is 2.42 bits per heavy atom. The Morgan fingerprint density at radius 1 is 1.13 bits per heavy atom. The minimum atomic E-state index is -0.559. The highest BCUT2D eigenvalue weighted by Crippen LogP contribution is 2.45. The van der Waals surface area contributed by atoms with Crippen LogP contribution in [0, 0.1) is 23.7 Å². The maximum Gasteiger partial charge on any atom is 0.323 e. The molecule has 1 fully saturated rings. The van der Waals surface area contributed by atoms with E-state index in [4.69, 9.17) is 19.9 Å². The zero-order chi connectivity index (χ0) is 22.7. The highest BCUT2D eigenvalue weighted by molar-refractivity contribution is 5.75. The number of carbonyl (C=O) groups excluding carboxylic acids is 1. The smallest absolute Gasteiger partial charge is 0.323 e. The van der Waals surface area contributed by atoms with Gasteiger partial charge < -0.3 is 19.9 Å². The lowest BCUT2D eigenvalue weighted by Gasteiger charge is -2.47. The molecule has 174 valence electrons. The van der Waals surface area contributed by atoms with Crippen molar-refractivity contribution in [3.63, 3.8) is 0 Å². The van der Waals surface area contributed by atoms with E-state index in [1.807, 2.05) is 13.8 Å². The molecular formula is C25H40N2O4. The number of methoxy groups -OCH3 is 2. The number of piperidine rings is 1. The van der Waals surface area contributed by atoms with Crippen LogP contribution in [-0.2, 0) is 16.0 Å². The van der Waals surface area contributed by atoms with E-state index in [2.05, 4.69) is 30.9 Å². The normalized spacial score (nSPS) is 24.5. The molecule has 0 bridgehead atoms. The van der Waals surface area contributed by atoms with Gasteiger partial charge in [0, 0.05) is 19.1 Å². The molecule has 2 heterocycles. The second-order valence-corrected chi connectivity index (χ2v) is 9.95. The first kappa shape index (κ1) is 23.9. The third-order valence-electron chi connectivity index (χ3n) is 6.98. The van der Waals surface area contributed by atoms with E-state index in [0.29, 0.717) is 30.4 Å². The Kier molecular flexibility index (Phi) is 7.87. The summed E-state index contributed by atoms with van der Waals surface area (Å²) < 4.78 is 16.8. The summed E-state index contributed by atoms with van der Waals surface area (Å²) in [5.41, 5.74) is 8.66. The first-order valence-electron chi connectivity index (χ1n) is 11.7. The van der Waals surface area contributed by atoms with Gasteiger partial charge in [0.05, 0.1) is 20.8 Å². The summed E-state index contributed by atoms with van der Waals surface area (Å²) in [6.07, 6.45) is 3.13. The number of ether oxygens (including phenoxy) is 3. The fourth-order valence-electron chi connectivity index (χ4n) is 5.14. The van der Waals surface area contributed by atoms with Gasteiger partial charge in [-0.05, 0) is 66.2 Å².